The van der Waals surface area contributed by atoms with Gasteiger partial charge in [0.15, 0.2) is 0 Å². The summed E-state index contributed by atoms with van der Waals surface area (Å²) in [7, 11) is -2.06. The third-order valence-corrected chi connectivity index (χ3v) is 9.08. The molecule has 4 nitrogen and oxygen atoms in total. The molecule has 3 aliphatic rings. The summed E-state index contributed by atoms with van der Waals surface area (Å²) in [6.07, 6.45) is 28.4. The van der Waals surface area contributed by atoms with Crippen LogP contribution in [0.3, 0.4) is 0 Å². The second kappa shape index (κ2) is 33.9. The fourth-order valence-corrected chi connectivity index (χ4v) is 6.03. The Kier molecular flexibility index (Phi) is 37.2. The molecule has 0 amide bonds. The molecule has 0 spiro atoms. The van der Waals surface area contributed by atoms with Crippen molar-refractivity contribution in [3.05, 3.63) is 60.0 Å². The number of hydrogen-bond acceptors (Lipinski definition) is 4. The Bertz CT molecular complexity index is 870. The van der Waals surface area contributed by atoms with Gasteiger partial charge in [-0.1, -0.05) is 85.5 Å². The molecule has 0 radical (unpaired) electrons. The molecule has 0 aromatic rings. The monoisotopic (exact) mass is 806 g/mol. The third-order valence-electron chi connectivity index (χ3n) is 6.35. The minimum absolute atomic E-state index is 0.685. The zero-order valence-electron chi connectivity index (χ0n) is 31.4. The van der Waals surface area contributed by atoms with Crippen molar-refractivity contribution in [3.63, 3.8) is 0 Å². The predicted molar refractivity (Wildman–Crippen MR) is 203 cm³/mol. The van der Waals surface area contributed by atoms with Gasteiger partial charge < -0.3 is 10.6 Å². The van der Waals surface area contributed by atoms with Gasteiger partial charge in [0.25, 0.3) is 0 Å². The first-order chi connectivity index (χ1) is 21.2. The number of allylic oxidation sites excluding steroid dienone is 8. The summed E-state index contributed by atoms with van der Waals surface area (Å²) in [5.74, 6) is 1.57. The zero-order valence-corrected chi connectivity index (χ0v) is 38.3. The van der Waals surface area contributed by atoms with Crippen LogP contribution in [0.4, 0.5) is 0 Å². The van der Waals surface area contributed by atoms with Crippen molar-refractivity contribution in [2.75, 3.05) is 26.2 Å². The van der Waals surface area contributed by atoms with E-state index in [4.69, 9.17) is 0 Å². The second-order valence-corrected chi connectivity index (χ2v) is 24.3. The first-order valence-corrected chi connectivity index (χ1v) is 26.7. The van der Waals surface area contributed by atoms with E-state index in [1.165, 1.54) is 86.1 Å². The van der Waals surface area contributed by atoms with Crippen LogP contribution in [-0.2, 0) is 48.5 Å². The maximum Gasteiger partial charge on any atom is -0.0534 e. The van der Waals surface area contributed by atoms with Gasteiger partial charge in [-0.25, -0.2) is 12.2 Å². The molecule has 0 atom stereocenters. The molecule has 0 unspecified atom stereocenters. The third kappa shape index (κ3) is 40.1. The summed E-state index contributed by atoms with van der Waals surface area (Å²) >= 11 is 2.68. The van der Waals surface area contributed by atoms with Gasteiger partial charge in [0, 0.05) is 0 Å². The normalized spacial score (nSPS) is 14.7. The predicted octanol–water partition coefficient (Wildman–Crippen LogP) is 8.56. The van der Waals surface area contributed by atoms with Crippen LogP contribution in [0.2, 0.25) is 39.3 Å². The fraction of sp³-hybridized carbons (Fsp3) is 0.676. The van der Waals surface area contributed by atoms with E-state index in [-0.39, 0.29) is 0 Å². The summed E-state index contributed by atoms with van der Waals surface area (Å²) in [5, 5.41) is 6.22. The van der Waals surface area contributed by atoms with Crippen LogP contribution in [-0.4, -0.2) is 49.4 Å². The number of rotatable bonds is 10. The largest absolute Gasteiger partial charge is 0.273 e. The SMILES string of the molecule is CC(C)C1=CC[C-]=C1.CCNCC.CCNCC.C[Si](C)(C)NC=[C]=[Zr].C[Si](C)(C)NC=[C]=[Zr].[C-]1=CC(C2CCCCC2)=CC1. The van der Waals surface area contributed by atoms with Crippen LogP contribution in [0.15, 0.2) is 47.9 Å². The molecule has 256 valence electrons. The molecular weight excluding hydrogens is 739 g/mol. The maximum absolute atomic E-state index is 3.30. The van der Waals surface area contributed by atoms with Gasteiger partial charge in [-0.2, -0.15) is 23.3 Å². The Hall–Kier alpha value is -0.0200. The smallest absolute Gasteiger partial charge is 0.0534 e. The molecule has 0 aromatic carbocycles. The van der Waals surface area contributed by atoms with Crippen molar-refractivity contribution < 1.29 is 48.5 Å². The molecule has 4 N–H and O–H groups in total. The maximum atomic E-state index is 3.30. The molecule has 3 aliphatic carbocycles. The standard InChI is InChI=1S/C11H15.C8H11.2C5H11NSi.2C4H11N.2Zr/c1-2-6-10(7-3-1)11-8-4-5-9-11;1-7(2)8-5-3-4-6-8;2*1-5-6-7(2,3)4;2*1-3-5-4-2;;/h8-10H,1-4,6-7H2;5-7H,3H2,1-2H3;2*5-6H,2-4H3;2*5H,3-4H2,1-2H3;;/q2*-1;;;;;;. The molecule has 0 heterocycles. The van der Waals surface area contributed by atoms with Gasteiger partial charge in [-0.15, -0.1) is 12.8 Å². The molecule has 45 heavy (non-hydrogen) atoms. The van der Waals surface area contributed by atoms with E-state index in [0.717, 1.165) is 44.9 Å². The van der Waals surface area contributed by atoms with E-state index in [1.54, 1.807) is 5.57 Å². The quantitative estimate of drug-likeness (QED) is 0.132. The minimum Gasteiger partial charge on any atom is -0.273 e. The molecule has 1 saturated carbocycles. The van der Waals surface area contributed by atoms with Crippen molar-refractivity contribution >= 4 is 23.2 Å². The summed E-state index contributed by atoms with van der Waals surface area (Å²) in [4.78, 5) is 6.59. The van der Waals surface area contributed by atoms with E-state index in [1.807, 2.05) is 12.4 Å². The van der Waals surface area contributed by atoms with Crippen LogP contribution in [0.1, 0.15) is 86.5 Å². The molecule has 0 bridgehead atoms. The summed E-state index contributed by atoms with van der Waals surface area (Å²) < 4.78 is 6.03. The topological polar surface area (TPSA) is 48.1 Å². The van der Waals surface area contributed by atoms with Crippen molar-refractivity contribution in [2.45, 2.75) is 126 Å². The van der Waals surface area contributed by atoms with Gasteiger partial charge in [-0.05, 0) is 26.2 Å². The van der Waals surface area contributed by atoms with Crippen LogP contribution < -0.4 is 20.6 Å². The van der Waals surface area contributed by atoms with Crippen LogP contribution in [0, 0.1) is 24.0 Å². The van der Waals surface area contributed by atoms with Gasteiger partial charge in [0.2, 0.25) is 0 Å². The van der Waals surface area contributed by atoms with Crippen molar-refractivity contribution in [1.82, 2.24) is 20.6 Å². The fourth-order valence-electron chi connectivity index (χ4n) is 3.95. The van der Waals surface area contributed by atoms with Crippen molar-refractivity contribution in [1.29, 1.82) is 0 Å². The first-order valence-electron chi connectivity index (χ1n) is 17.2. The van der Waals surface area contributed by atoms with E-state index in [2.05, 4.69) is 145 Å². The van der Waals surface area contributed by atoms with Crippen molar-refractivity contribution in [3.8, 4) is 0 Å². The number of nitrogens with one attached hydrogen (secondary N) is 4. The average Bonchev–Trinajstić information content (AvgIpc) is 3.73. The Morgan fingerprint density at radius 3 is 1.38 bits per heavy atom. The minimum atomic E-state index is -1.03. The summed E-state index contributed by atoms with van der Waals surface area (Å²) in [6.45, 7) is 30.8. The Balaban J connectivity index is -0.000000482. The Morgan fingerprint density at radius 1 is 0.733 bits per heavy atom. The summed E-state index contributed by atoms with van der Waals surface area (Å²) in [5.41, 5.74) is 3.01. The average molecular weight is 810 g/mol. The van der Waals surface area contributed by atoms with E-state index >= 15 is 0 Å². The Labute approximate surface area is 313 Å². The van der Waals surface area contributed by atoms with Crippen LogP contribution >= 0.6 is 0 Å². The van der Waals surface area contributed by atoms with Gasteiger partial charge in [0.05, 0.1) is 0 Å². The molecule has 0 saturated heterocycles. The molecule has 8 heteroatoms. The van der Waals surface area contributed by atoms with E-state index < -0.39 is 16.5 Å². The van der Waals surface area contributed by atoms with Gasteiger partial charge in [-0.3, -0.25) is 12.2 Å². The molecular formula is C37H70N4Si2Zr2-2. The van der Waals surface area contributed by atoms with Gasteiger partial charge in [0.1, 0.15) is 0 Å². The number of hydrogen-bond donors (Lipinski definition) is 4. The second-order valence-electron chi connectivity index (χ2n) is 13.3. The van der Waals surface area contributed by atoms with E-state index in [0.29, 0.717) is 5.92 Å². The summed E-state index contributed by atoms with van der Waals surface area (Å²) in [6, 6.07) is 0. The van der Waals surface area contributed by atoms with Crippen LogP contribution in [0.5, 0.6) is 0 Å². The molecule has 3 rings (SSSR count). The molecule has 1 fully saturated rings. The Morgan fingerprint density at radius 2 is 1.16 bits per heavy atom. The van der Waals surface area contributed by atoms with Gasteiger partial charge >= 0.3 is 133 Å². The van der Waals surface area contributed by atoms with Crippen molar-refractivity contribution in [2.24, 2.45) is 11.8 Å². The van der Waals surface area contributed by atoms with E-state index in [9.17, 15) is 0 Å². The first kappa shape index (κ1) is 49.4. The zero-order chi connectivity index (χ0) is 35.0. The van der Waals surface area contributed by atoms with Crippen LogP contribution in [0.25, 0.3) is 0 Å². The molecule has 0 aromatic heterocycles. The molecule has 0 aliphatic heterocycles.